The van der Waals surface area contributed by atoms with E-state index in [0.717, 1.165) is 0 Å². The molecule has 0 aliphatic rings. The van der Waals surface area contributed by atoms with Gasteiger partial charge in [0.2, 0.25) is 64.8 Å². The van der Waals surface area contributed by atoms with Crippen LogP contribution in [0.5, 0.6) is 0 Å². The van der Waals surface area contributed by atoms with E-state index in [1.807, 2.05) is 0 Å². The van der Waals surface area contributed by atoms with Gasteiger partial charge in [-0.05, 0) is 0 Å². The second-order valence-electron chi connectivity index (χ2n) is 6.42. The van der Waals surface area contributed by atoms with Crippen molar-refractivity contribution in [1.82, 2.24) is 0 Å². The lowest BCUT2D eigenvalue weighted by atomic mass is 9.94. The van der Waals surface area contributed by atoms with E-state index < -0.39 is 70.2 Å². The van der Waals surface area contributed by atoms with Crippen LogP contribution in [0.15, 0.2) is 0 Å². The molecule has 0 aliphatic heterocycles. The molecule has 32 heavy (non-hydrogen) atoms. The van der Waals surface area contributed by atoms with Crippen molar-refractivity contribution in [3.63, 3.8) is 0 Å². The molecule has 0 spiro atoms. The number of hydrogen-bond acceptors (Lipinski definition) is 9. The molecule has 0 heterocycles. The van der Waals surface area contributed by atoms with E-state index in [4.69, 9.17) is 14.2 Å². The van der Waals surface area contributed by atoms with Gasteiger partial charge in [-0.2, -0.15) is 0 Å². The summed E-state index contributed by atoms with van der Waals surface area (Å²) in [5.41, 5.74) is -3.36. The third-order valence-electron chi connectivity index (χ3n) is 3.56. The molecule has 18 heteroatoms. The standard InChI is InChI=1S/C14H21F3O9P6/c1-14(8-24-5-2-11(18)30(15)27-21,9-25-6-3-12(19)31(16)28-22)10-26-7-4-13(20)32(17)29-23/h2-10H2,1H3. The third kappa shape index (κ3) is 14.5. The lowest BCUT2D eigenvalue weighted by Gasteiger charge is -2.29. The van der Waals surface area contributed by atoms with Crippen LogP contribution in [-0.4, -0.2) is 56.2 Å². The quantitative estimate of drug-likeness (QED) is 0.111. The highest BCUT2D eigenvalue weighted by Crippen LogP contribution is 2.52. The Labute approximate surface area is 191 Å². The second-order valence-corrected chi connectivity index (χ2v) is 14.6. The molecule has 0 fully saturated rings. The van der Waals surface area contributed by atoms with E-state index in [2.05, 4.69) is 0 Å². The maximum absolute atomic E-state index is 13.0. The zero-order valence-electron chi connectivity index (χ0n) is 16.9. The van der Waals surface area contributed by atoms with Gasteiger partial charge in [0.05, 0.1) is 39.6 Å². The predicted octanol–water partition coefficient (Wildman–Crippen LogP) is 6.51. The van der Waals surface area contributed by atoms with Crippen molar-refractivity contribution in [2.24, 2.45) is 5.41 Å². The number of halogens is 3. The van der Waals surface area contributed by atoms with E-state index in [1.165, 1.54) is 0 Å². The molecule has 0 radical (unpaired) electrons. The summed E-state index contributed by atoms with van der Waals surface area (Å²) in [7, 11) is -10.9. The van der Waals surface area contributed by atoms with Crippen molar-refractivity contribution >= 4 is 64.8 Å². The highest BCUT2D eigenvalue weighted by atomic mass is 32.1. The summed E-state index contributed by atoms with van der Waals surface area (Å²) in [5.74, 6) is 0. The molecule has 0 saturated carbocycles. The number of ether oxygens (including phenoxy) is 3. The van der Waals surface area contributed by atoms with Crippen molar-refractivity contribution in [3.05, 3.63) is 0 Å². The molecule has 0 aromatic heterocycles. The van der Waals surface area contributed by atoms with E-state index >= 15 is 0 Å². The Kier molecular flexibility index (Phi) is 18.7. The zero-order chi connectivity index (χ0) is 24.6. The molecule has 0 bridgehead atoms. The molecular weight excluding hydrogens is 555 g/mol. The Hall–Kier alpha value is 0.270. The van der Waals surface area contributed by atoms with Crippen LogP contribution in [0.1, 0.15) is 26.2 Å². The van der Waals surface area contributed by atoms with Gasteiger partial charge in [-0.3, -0.25) is 28.1 Å². The molecule has 3 unspecified atom stereocenters. The molecule has 0 rings (SSSR count). The van der Waals surface area contributed by atoms with Crippen LogP contribution in [0.3, 0.4) is 0 Å². The first-order valence-electron chi connectivity index (χ1n) is 8.79. The minimum Gasteiger partial charge on any atom is -0.380 e. The fourth-order valence-corrected chi connectivity index (χ4v) is 4.79. The van der Waals surface area contributed by atoms with Crippen molar-refractivity contribution in [3.8, 4) is 0 Å². The summed E-state index contributed by atoms with van der Waals surface area (Å²) in [6, 6.07) is 0. The van der Waals surface area contributed by atoms with Gasteiger partial charge in [0.15, 0.2) is 0 Å². The first-order chi connectivity index (χ1) is 15.1. The molecular formula is C14H21F3O9P6. The van der Waals surface area contributed by atoms with Crippen molar-refractivity contribution in [2.45, 2.75) is 26.2 Å². The van der Waals surface area contributed by atoms with E-state index in [0.29, 0.717) is 0 Å². The molecule has 0 aromatic carbocycles. The van der Waals surface area contributed by atoms with Gasteiger partial charge in [0, 0.05) is 24.7 Å². The summed E-state index contributed by atoms with van der Waals surface area (Å²) in [6.45, 7) is 1.02. The monoisotopic (exact) mass is 576 g/mol. The summed E-state index contributed by atoms with van der Waals surface area (Å²) in [6.07, 6.45) is -0.872. The van der Waals surface area contributed by atoms with Gasteiger partial charge in [0.25, 0.3) is 0 Å². The Morgan fingerprint density at radius 1 is 0.656 bits per heavy atom. The highest BCUT2D eigenvalue weighted by Gasteiger charge is 2.28. The second kappa shape index (κ2) is 18.6. The van der Waals surface area contributed by atoms with Crippen molar-refractivity contribution in [2.75, 3.05) is 39.6 Å². The lowest BCUT2D eigenvalue weighted by molar-refractivity contribution is -0.114. The fourth-order valence-electron chi connectivity index (χ4n) is 1.97. The van der Waals surface area contributed by atoms with Crippen LogP contribution >= 0.6 is 48.2 Å². The molecule has 0 amide bonds. The predicted molar refractivity (Wildman–Crippen MR) is 116 cm³/mol. The topological polar surface area (TPSA) is 130 Å². The Balaban J connectivity index is 4.63. The number of hydrogen-bond donors (Lipinski definition) is 0. The summed E-state index contributed by atoms with van der Waals surface area (Å²) < 4.78 is 86.3. The molecule has 3 atom stereocenters. The molecule has 0 aromatic rings. The molecule has 0 aliphatic carbocycles. The Morgan fingerprint density at radius 2 is 0.906 bits per heavy atom. The minimum atomic E-state index is -2.75. The van der Waals surface area contributed by atoms with Crippen LogP contribution in [0, 0.1) is 5.41 Å². The van der Waals surface area contributed by atoms with Gasteiger partial charge >= 0.3 is 0 Å². The van der Waals surface area contributed by atoms with E-state index in [9.17, 15) is 40.7 Å². The smallest absolute Gasteiger partial charge is 0.245 e. The van der Waals surface area contributed by atoms with E-state index in [-0.39, 0.29) is 58.9 Å². The number of carbonyl (C=O) groups is 3. The summed E-state index contributed by atoms with van der Waals surface area (Å²) in [5, 5.41) is 0. The largest absolute Gasteiger partial charge is 0.380 e. The van der Waals surface area contributed by atoms with Crippen LogP contribution in [0.2, 0.25) is 0 Å². The Morgan fingerprint density at radius 3 is 1.12 bits per heavy atom. The first-order valence-corrected chi connectivity index (χ1v) is 17.0. The van der Waals surface area contributed by atoms with Gasteiger partial charge in [0.1, 0.15) is 0 Å². The van der Waals surface area contributed by atoms with Crippen LogP contribution in [0.25, 0.3) is 0 Å². The molecule has 0 saturated heterocycles. The van der Waals surface area contributed by atoms with Gasteiger partial charge < -0.3 is 14.2 Å². The Bertz CT molecular complexity index is 576. The number of carbonyl (C=O) groups excluding carboxylic acids is 3. The van der Waals surface area contributed by atoms with Crippen LogP contribution < -0.4 is 0 Å². The average molecular weight is 576 g/mol. The first kappa shape index (κ1) is 32.3. The minimum absolute atomic E-state index is 0.0501. The molecule has 9 nitrogen and oxygen atoms in total. The summed E-state index contributed by atoms with van der Waals surface area (Å²) in [4.78, 5) is 34.1. The molecule has 0 N–H and O–H groups in total. The summed E-state index contributed by atoms with van der Waals surface area (Å²) >= 11 is 0. The average Bonchev–Trinajstić information content (AvgIpc) is 2.80. The number of rotatable bonds is 21. The van der Waals surface area contributed by atoms with Crippen molar-refractivity contribution < 1.29 is 54.9 Å². The van der Waals surface area contributed by atoms with Gasteiger partial charge in [-0.1, -0.05) is 6.92 Å². The third-order valence-corrected chi connectivity index (χ3v) is 9.20. The normalized spacial score (nSPS) is 16.5. The van der Waals surface area contributed by atoms with Crippen molar-refractivity contribution in [1.29, 1.82) is 0 Å². The fraction of sp³-hybridized carbons (Fsp3) is 0.786. The maximum atomic E-state index is 13.0. The van der Waals surface area contributed by atoms with E-state index in [1.54, 1.807) is 6.92 Å². The SMILES string of the molecule is CC(COCCC(=O)P(F)P=O)(COCCC(=O)P(F)P=O)COCCC(=O)P(F)P=O. The van der Waals surface area contributed by atoms with Crippen LogP contribution in [-0.2, 0) is 42.3 Å². The van der Waals surface area contributed by atoms with Gasteiger partial charge in [-0.25, -0.2) is 12.6 Å². The lowest BCUT2D eigenvalue weighted by Crippen LogP contribution is -2.35. The van der Waals surface area contributed by atoms with Gasteiger partial charge in [-0.15, -0.1) is 0 Å². The molecule has 182 valence electrons. The maximum Gasteiger partial charge on any atom is 0.245 e. The highest BCUT2D eigenvalue weighted by molar-refractivity contribution is 8.22. The zero-order valence-corrected chi connectivity index (χ0v) is 22.2. The van der Waals surface area contributed by atoms with Crippen LogP contribution in [0.4, 0.5) is 12.6 Å².